The highest BCUT2D eigenvalue weighted by Gasteiger charge is 2.27. The van der Waals surface area contributed by atoms with Gasteiger partial charge in [0.05, 0.1) is 12.0 Å². The van der Waals surface area contributed by atoms with E-state index < -0.39 is 29.9 Å². The summed E-state index contributed by atoms with van der Waals surface area (Å²) in [6, 6.07) is 18.1. The summed E-state index contributed by atoms with van der Waals surface area (Å²) < 4.78 is 32.5. The standard InChI is InChI=1S/C30H30F2N4O5/c1-30(31,32)41-26-10-9-19(18-5-4-6-21(13-18)35-27(37)11-12-28(38)39)15-24(26)29(40)36-22(16-33)14-20-17-34-25-8-3-2-7-23(20)25/h2-10,13,15,17,22,34H,11-12,14,16,33H2,1H3,(H,35,37)(H,36,40)(H,38,39). The van der Waals surface area contributed by atoms with Crippen LogP contribution < -0.4 is 21.1 Å². The number of rotatable bonds is 12. The van der Waals surface area contributed by atoms with Gasteiger partial charge in [0.2, 0.25) is 5.91 Å². The number of hydrogen-bond acceptors (Lipinski definition) is 5. The van der Waals surface area contributed by atoms with Crippen molar-refractivity contribution in [2.45, 2.75) is 38.3 Å². The number of hydrogen-bond donors (Lipinski definition) is 5. The third-order valence-corrected chi connectivity index (χ3v) is 6.32. The quantitative estimate of drug-likeness (QED) is 0.165. The average molecular weight is 565 g/mol. The molecular weight excluding hydrogens is 534 g/mol. The highest BCUT2D eigenvalue weighted by Crippen LogP contribution is 2.31. The summed E-state index contributed by atoms with van der Waals surface area (Å²) in [6.07, 6.45) is -1.77. The molecule has 11 heteroatoms. The molecule has 214 valence electrons. The number of ether oxygens (including phenoxy) is 1. The van der Waals surface area contributed by atoms with Crippen molar-refractivity contribution in [1.29, 1.82) is 0 Å². The van der Waals surface area contributed by atoms with Crippen LogP contribution in [0.2, 0.25) is 0 Å². The highest BCUT2D eigenvalue weighted by atomic mass is 19.3. The molecule has 4 rings (SSSR count). The minimum absolute atomic E-state index is 0.106. The van der Waals surface area contributed by atoms with Crippen LogP contribution in [0.1, 0.15) is 35.7 Å². The zero-order valence-corrected chi connectivity index (χ0v) is 22.2. The van der Waals surface area contributed by atoms with Crippen LogP contribution in [-0.4, -0.2) is 46.6 Å². The van der Waals surface area contributed by atoms with Gasteiger partial charge in [0.1, 0.15) is 5.75 Å². The van der Waals surface area contributed by atoms with Crippen LogP contribution >= 0.6 is 0 Å². The number of carboxylic acids is 1. The number of H-pyrrole nitrogens is 1. The Morgan fingerprint density at radius 1 is 1.02 bits per heavy atom. The van der Waals surface area contributed by atoms with E-state index in [1.165, 1.54) is 18.2 Å². The molecule has 0 bridgehead atoms. The Kier molecular flexibility index (Phi) is 8.98. The van der Waals surface area contributed by atoms with Crippen molar-refractivity contribution in [2.24, 2.45) is 5.73 Å². The number of aromatic amines is 1. The third kappa shape index (κ3) is 7.89. The first-order valence-electron chi connectivity index (χ1n) is 12.9. The van der Waals surface area contributed by atoms with Crippen LogP contribution in [0.4, 0.5) is 14.5 Å². The van der Waals surface area contributed by atoms with Gasteiger partial charge < -0.3 is 31.2 Å². The molecule has 4 aromatic rings. The lowest BCUT2D eigenvalue weighted by molar-refractivity contribution is -0.159. The lowest BCUT2D eigenvalue weighted by Crippen LogP contribution is -2.42. The number of nitrogens with two attached hydrogens (primary N) is 1. The van der Waals surface area contributed by atoms with Gasteiger partial charge in [0.15, 0.2) is 0 Å². The van der Waals surface area contributed by atoms with Crippen molar-refractivity contribution in [3.05, 3.63) is 84.1 Å². The van der Waals surface area contributed by atoms with Gasteiger partial charge in [-0.3, -0.25) is 14.4 Å². The van der Waals surface area contributed by atoms with E-state index in [1.807, 2.05) is 30.5 Å². The first-order valence-corrected chi connectivity index (χ1v) is 12.9. The van der Waals surface area contributed by atoms with E-state index in [2.05, 4.69) is 15.6 Å². The minimum Gasteiger partial charge on any atom is -0.481 e. The molecule has 0 aliphatic carbocycles. The minimum atomic E-state index is -3.53. The van der Waals surface area contributed by atoms with E-state index in [0.717, 1.165) is 16.5 Å². The maximum atomic E-state index is 13.8. The molecule has 0 aliphatic heterocycles. The normalized spacial score (nSPS) is 12.1. The van der Waals surface area contributed by atoms with Crippen LogP contribution in [0.5, 0.6) is 5.75 Å². The zero-order chi connectivity index (χ0) is 29.6. The molecule has 1 atom stereocenters. The van der Waals surface area contributed by atoms with E-state index in [9.17, 15) is 23.2 Å². The number of nitrogens with one attached hydrogen (secondary N) is 3. The Labute approximate surface area is 234 Å². The predicted octanol–water partition coefficient (Wildman–Crippen LogP) is 4.93. The summed E-state index contributed by atoms with van der Waals surface area (Å²) in [5.74, 6) is -2.50. The van der Waals surface area contributed by atoms with Crippen molar-refractivity contribution in [3.63, 3.8) is 0 Å². The Balaban J connectivity index is 1.59. The fourth-order valence-corrected chi connectivity index (χ4v) is 4.41. The number of para-hydroxylation sites is 1. The SMILES string of the molecule is CC(F)(F)Oc1ccc(-c2cccc(NC(=O)CCC(=O)O)c2)cc1C(=O)NC(CN)Cc1c[nH]c2ccccc12. The summed E-state index contributed by atoms with van der Waals surface area (Å²) in [4.78, 5) is 39.4. The van der Waals surface area contributed by atoms with Gasteiger partial charge in [-0.1, -0.05) is 36.4 Å². The van der Waals surface area contributed by atoms with Gasteiger partial charge in [0.25, 0.3) is 5.91 Å². The Hall–Kier alpha value is -4.77. The van der Waals surface area contributed by atoms with E-state index in [1.54, 1.807) is 24.3 Å². The Morgan fingerprint density at radius 2 is 1.78 bits per heavy atom. The van der Waals surface area contributed by atoms with Gasteiger partial charge in [-0.15, -0.1) is 0 Å². The van der Waals surface area contributed by atoms with E-state index in [0.29, 0.717) is 30.2 Å². The zero-order valence-electron chi connectivity index (χ0n) is 22.2. The van der Waals surface area contributed by atoms with Crippen molar-refractivity contribution in [1.82, 2.24) is 10.3 Å². The smallest absolute Gasteiger partial charge is 0.394 e. The summed E-state index contributed by atoms with van der Waals surface area (Å²) in [7, 11) is 0. The molecular formula is C30H30F2N4O5. The molecule has 0 aliphatic rings. The second-order valence-corrected chi connectivity index (χ2v) is 9.61. The molecule has 1 unspecified atom stereocenters. The third-order valence-electron chi connectivity index (χ3n) is 6.32. The van der Waals surface area contributed by atoms with E-state index in [-0.39, 0.29) is 30.7 Å². The molecule has 41 heavy (non-hydrogen) atoms. The number of aliphatic carboxylic acids is 1. The molecule has 0 saturated heterocycles. The van der Waals surface area contributed by atoms with Gasteiger partial charge in [-0.25, -0.2) is 0 Å². The number of anilines is 1. The monoisotopic (exact) mass is 564 g/mol. The number of alkyl halides is 2. The van der Waals surface area contributed by atoms with Crippen LogP contribution in [0.3, 0.4) is 0 Å². The van der Waals surface area contributed by atoms with E-state index >= 15 is 0 Å². The molecule has 9 nitrogen and oxygen atoms in total. The van der Waals surface area contributed by atoms with Crippen LogP contribution in [0.15, 0.2) is 72.9 Å². The molecule has 0 saturated carbocycles. The number of fused-ring (bicyclic) bond motifs is 1. The van der Waals surface area contributed by atoms with Crippen molar-refractivity contribution in [3.8, 4) is 16.9 Å². The molecule has 1 heterocycles. The maximum absolute atomic E-state index is 13.8. The number of carbonyl (C=O) groups excluding carboxylic acids is 2. The number of carboxylic acid groups (broad SMARTS) is 1. The molecule has 3 aromatic carbocycles. The molecule has 6 N–H and O–H groups in total. The molecule has 1 aromatic heterocycles. The predicted molar refractivity (Wildman–Crippen MR) is 151 cm³/mol. The van der Waals surface area contributed by atoms with Crippen molar-refractivity contribution >= 4 is 34.4 Å². The first kappa shape index (κ1) is 29.2. The number of amides is 2. The number of aromatic nitrogens is 1. The topological polar surface area (TPSA) is 147 Å². The Morgan fingerprint density at radius 3 is 2.51 bits per heavy atom. The van der Waals surface area contributed by atoms with Crippen molar-refractivity contribution in [2.75, 3.05) is 11.9 Å². The summed E-state index contributed by atoms with van der Waals surface area (Å²) >= 11 is 0. The molecule has 0 fully saturated rings. The molecule has 2 amide bonds. The summed E-state index contributed by atoms with van der Waals surface area (Å²) in [5, 5.41) is 15.3. The lowest BCUT2D eigenvalue weighted by Gasteiger charge is -2.20. The number of carbonyl (C=O) groups is 3. The first-order chi connectivity index (χ1) is 19.5. The second kappa shape index (κ2) is 12.6. The van der Waals surface area contributed by atoms with Crippen molar-refractivity contribution < 1.29 is 33.0 Å². The second-order valence-electron chi connectivity index (χ2n) is 9.61. The van der Waals surface area contributed by atoms with E-state index in [4.69, 9.17) is 15.6 Å². The Bertz CT molecular complexity index is 1560. The largest absolute Gasteiger partial charge is 0.481 e. The van der Waals surface area contributed by atoms with Crippen LogP contribution in [0, 0.1) is 0 Å². The molecule has 0 spiro atoms. The van der Waals surface area contributed by atoms with Gasteiger partial charge in [-0.05, 0) is 53.4 Å². The molecule has 0 radical (unpaired) electrons. The summed E-state index contributed by atoms with van der Waals surface area (Å²) in [5.41, 5.74) is 9.24. The van der Waals surface area contributed by atoms with Gasteiger partial charge >= 0.3 is 12.1 Å². The highest BCUT2D eigenvalue weighted by molar-refractivity contribution is 5.99. The van der Waals surface area contributed by atoms with Crippen LogP contribution in [-0.2, 0) is 16.0 Å². The fourth-order valence-electron chi connectivity index (χ4n) is 4.41. The fraction of sp³-hybridized carbons (Fsp3) is 0.233. The van der Waals surface area contributed by atoms with Gasteiger partial charge in [0, 0.05) is 48.7 Å². The average Bonchev–Trinajstić information content (AvgIpc) is 3.33. The number of halogens is 2. The van der Waals surface area contributed by atoms with Gasteiger partial charge in [-0.2, -0.15) is 8.78 Å². The summed E-state index contributed by atoms with van der Waals surface area (Å²) in [6.45, 7) is 0.688. The maximum Gasteiger partial charge on any atom is 0.394 e. The van der Waals surface area contributed by atoms with Crippen LogP contribution in [0.25, 0.3) is 22.0 Å². The number of benzene rings is 3. The lowest BCUT2D eigenvalue weighted by atomic mass is 10.0.